The molecule has 7 nitrogen and oxygen atoms in total. The lowest BCUT2D eigenvalue weighted by atomic mass is 9.95. The lowest BCUT2D eigenvalue weighted by Crippen LogP contribution is -2.31. The molecule has 0 bridgehead atoms. The summed E-state index contributed by atoms with van der Waals surface area (Å²) in [6.07, 6.45) is 0. The second-order valence-corrected chi connectivity index (χ2v) is 3.44. The molecular weight excluding hydrogens is 248 g/mol. The molecule has 7 heteroatoms. The largest absolute Gasteiger partial charge is 0.464 e. The molecule has 1 rings (SSSR count). The summed E-state index contributed by atoms with van der Waals surface area (Å²) in [6.45, 7) is 0. The van der Waals surface area contributed by atoms with Gasteiger partial charge in [-0.05, 0) is 5.56 Å². The fraction of sp³-hybridized carbons (Fsp3) is 0.167. The van der Waals surface area contributed by atoms with Gasteiger partial charge in [0, 0.05) is 0 Å². The van der Waals surface area contributed by atoms with Gasteiger partial charge in [0.25, 0.3) is 0 Å². The number of hydrazone groups is 1. The number of ether oxygens (including phenoxy) is 1. The third-order valence-corrected chi connectivity index (χ3v) is 2.22. The van der Waals surface area contributed by atoms with Crippen LogP contribution in [0, 0.1) is 11.3 Å². The highest BCUT2D eigenvalue weighted by atomic mass is 16.5. The maximum atomic E-state index is 11.6. The van der Waals surface area contributed by atoms with Gasteiger partial charge < -0.3 is 10.5 Å². The van der Waals surface area contributed by atoms with Gasteiger partial charge in [-0.2, -0.15) is 10.4 Å². The normalized spacial score (nSPS) is 12.1. The summed E-state index contributed by atoms with van der Waals surface area (Å²) in [5.74, 6) is -1.77. The molecule has 0 saturated carbocycles. The molecule has 19 heavy (non-hydrogen) atoms. The van der Waals surface area contributed by atoms with Crippen molar-refractivity contribution in [1.82, 2.24) is 5.43 Å². The number of amides is 2. The minimum Gasteiger partial charge on any atom is -0.464 e. The number of primary amides is 1. The number of methoxy groups -OCH3 is 1. The first-order chi connectivity index (χ1) is 9.10. The van der Waals surface area contributed by atoms with E-state index in [2.05, 4.69) is 9.84 Å². The van der Waals surface area contributed by atoms with Crippen molar-refractivity contribution in [3.8, 4) is 6.07 Å². The quantitative estimate of drug-likeness (QED) is 0.465. The molecule has 0 saturated heterocycles. The zero-order chi connectivity index (χ0) is 14.3. The van der Waals surface area contributed by atoms with Crippen LogP contribution in [-0.2, 0) is 9.53 Å². The van der Waals surface area contributed by atoms with E-state index >= 15 is 0 Å². The lowest BCUT2D eigenvalue weighted by Gasteiger charge is -2.10. The van der Waals surface area contributed by atoms with Gasteiger partial charge >= 0.3 is 12.0 Å². The van der Waals surface area contributed by atoms with E-state index < -0.39 is 17.9 Å². The highest BCUT2D eigenvalue weighted by Gasteiger charge is 2.25. The molecule has 0 aromatic heterocycles. The third-order valence-electron chi connectivity index (χ3n) is 2.22. The molecule has 0 aliphatic heterocycles. The van der Waals surface area contributed by atoms with Gasteiger partial charge in [-0.3, -0.25) is 0 Å². The zero-order valence-electron chi connectivity index (χ0n) is 10.2. The number of carbonyl (C=O) groups is 2. The van der Waals surface area contributed by atoms with E-state index in [4.69, 9.17) is 5.73 Å². The van der Waals surface area contributed by atoms with Crippen LogP contribution in [0.4, 0.5) is 4.79 Å². The number of rotatable bonds is 4. The lowest BCUT2D eigenvalue weighted by molar-refractivity contribution is -0.132. The first kappa shape index (κ1) is 14.2. The van der Waals surface area contributed by atoms with E-state index in [1.807, 2.05) is 11.5 Å². The average Bonchev–Trinajstić information content (AvgIpc) is 2.43. The predicted molar refractivity (Wildman–Crippen MR) is 67.0 cm³/mol. The van der Waals surface area contributed by atoms with Crippen LogP contribution in [0.5, 0.6) is 0 Å². The Morgan fingerprint density at radius 2 is 2.05 bits per heavy atom. The van der Waals surface area contributed by atoms with Gasteiger partial charge in [0.1, 0.15) is 5.92 Å². The van der Waals surface area contributed by atoms with Crippen LogP contribution >= 0.6 is 0 Å². The standard InChI is InChI=1S/C12H12N4O3/c1-19-11(17)10(15-16-12(14)18)9(7-13)8-5-3-2-4-6-8/h2-6,9H,1H3,(H3,14,16,18)/b15-10+/t9-/m1/s1. The van der Waals surface area contributed by atoms with Crippen LogP contribution in [0.1, 0.15) is 11.5 Å². The highest BCUT2D eigenvalue weighted by molar-refractivity contribution is 6.39. The summed E-state index contributed by atoms with van der Waals surface area (Å²) in [5.41, 5.74) is 7.11. The Labute approximate surface area is 109 Å². The van der Waals surface area contributed by atoms with Crippen molar-refractivity contribution in [3.05, 3.63) is 35.9 Å². The van der Waals surface area contributed by atoms with E-state index in [0.29, 0.717) is 5.56 Å². The van der Waals surface area contributed by atoms with Crippen LogP contribution in [-0.4, -0.2) is 24.8 Å². The third kappa shape index (κ3) is 3.81. The van der Waals surface area contributed by atoms with E-state index in [1.165, 1.54) is 0 Å². The van der Waals surface area contributed by atoms with E-state index in [9.17, 15) is 14.9 Å². The maximum Gasteiger partial charge on any atom is 0.355 e. The molecule has 0 fully saturated rings. The molecule has 0 heterocycles. The molecule has 2 amide bonds. The van der Waals surface area contributed by atoms with Crippen molar-refractivity contribution in [1.29, 1.82) is 5.26 Å². The van der Waals surface area contributed by atoms with Crippen molar-refractivity contribution in [2.45, 2.75) is 5.92 Å². The minimum absolute atomic E-state index is 0.241. The molecule has 3 N–H and O–H groups in total. The Bertz CT molecular complexity index is 534. The number of hydrogen-bond donors (Lipinski definition) is 2. The van der Waals surface area contributed by atoms with Crippen LogP contribution in [0.3, 0.4) is 0 Å². The van der Waals surface area contributed by atoms with Gasteiger partial charge in [0.05, 0.1) is 13.2 Å². The molecule has 0 radical (unpaired) electrons. The van der Waals surface area contributed by atoms with Gasteiger partial charge in [0.2, 0.25) is 0 Å². The number of carbonyl (C=O) groups excluding carboxylic acids is 2. The Morgan fingerprint density at radius 1 is 1.42 bits per heavy atom. The van der Waals surface area contributed by atoms with Crippen molar-refractivity contribution in [3.63, 3.8) is 0 Å². The second-order valence-electron chi connectivity index (χ2n) is 3.44. The first-order valence-electron chi connectivity index (χ1n) is 5.26. The Hall–Kier alpha value is -2.88. The number of nitriles is 1. The number of esters is 1. The number of nitrogens with zero attached hydrogens (tertiary/aromatic N) is 2. The molecule has 0 unspecified atom stereocenters. The van der Waals surface area contributed by atoms with Gasteiger partial charge in [-0.15, -0.1) is 0 Å². The molecule has 1 aromatic rings. The van der Waals surface area contributed by atoms with Gasteiger partial charge in [-0.1, -0.05) is 30.3 Å². The van der Waals surface area contributed by atoms with Crippen molar-refractivity contribution in [2.24, 2.45) is 10.8 Å². The van der Waals surface area contributed by atoms with Crippen LogP contribution < -0.4 is 11.2 Å². The van der Waals surface area contributed by atoms with Crippen LogP contribution in [0.2, 0.25) is 0 Å². The Balaban J connectivity index is 3.15. The first-order valence-corrected chi connectivity index (χ1v) is 5.26. The molecule has 1 atom stereocenters. The van der Waals surface area contributed by atoms with Gasteiger partial charge in [0.15, 0.2) is 5.71 Å². The topological polar surface area (TPSA) is 118 Å². The summed E-state index contributed by atoms with van der Waals surface area (Å²) in [6, 6.07) is 9.53. The summed E-state index contributed by atoms with van der Waals surface area (Å²) in [4.78, 5) is 22.2. The summed E-state index contributed by atoms with van der Waals surface area (Å²) in [5, 5.41) is 12.7. The Morgan fingerprint density at radius 3 is 2.53 bits per heavy atom. The molecule has 0 aliphatic carbocycles. The van der Waals surface area contributed by atoms with Crippen molar-refractivity contribution < 1.29 is 14.3 Å². The Kier molecular flexibility index (Phi) is 5.04. The molecular formula is C12H12N4O3. The number of benzene rings is 1. The van der Waals surface area contributed by atoms with Gasteiger partial charge in [-0.25, -0.2) is 15.0 Å². The SMILES string of the molecule is COC(=O)/C(=N/NC(N)=O)[C@H](C#N)c1ccccc1. The van der Waals surface area contributed by atoms with Crippen LogP contribution in [0.15, 0.2) is 35.4 Å². The fourth-order valence-corrected chi connectivity index (χ4v) is 1.39. The van der Waals surface area contributed by atoms with Crippen molar-refractivity contribution >= 4 is 17.7 Å². The summed E-state index contributed by atoms with van der Waals surface area (Å²) in [7, 11) is 1.15. The molecule has 98 valence electrons. The number of nitrogens with two attached hydrogens (primary N) is 1. The zero-order valence-corrected chi connectivity index (χ0v) is 10.2. The average molecular weight is 260 g/mol. The summed E-state index contributed by atoms with van der Waals surface area (Å²) < 4.78 is 4.54. The number of nitrogens with one attached hydrogen (secondary N) is 1. The molecule has 1 aromatic carbocycles. The van der Waals surface area contributed by atoms with E-state index in [-0.39, 0.29) is 5.71 Å². The van der Waals surface area contributed by atoms with E-state index in [0.717, 1.165) is 7.11 Å². The minimum atomic E-state index is -0.958. The number of urea groups is 1. The second kappa shape index (κ2) is 6.76. The smallest absolute Gasteiger partial charge is 0.355 e. The molecule has 0 aliphatic rings. The van der Waals surface area contributed by atoms with Crippen LogP contribution in [0.25, 0.3) is 0 Å². The predicted octanol–water partition coefficient (Wildman–Crippen LogP) is 0.491. The number of hydrogen-bond acceptors (Lipinski definition) is 5. The van der Waals surface area contributed by atoms with Crippen molar-refractivity contribution in [2.75, 3.05) is 7.11 Å². The maximum absolute atomic E-state index is 11.6. The van der Waals surface area contributed by atoms with E-state index in [1.54, 1.807) is 30.3 Å². The molecule has 0 spiro atoms. The fourth-order valence-electron chi connectivity index (χ4n) is 1.39. The monoisotopic (exact) mass is 260 g/mol. The summed E-state index contributed by atoms with van der Waals surface area (Å²) >= 11 is 0. The highest BCUT2D eigenvalue weighted by Crippen LogP contribution is 2.17.